The van der Waals surface area contributed by atoms with E-state index in [0.29, 0.717) is 29.1 Å². The van der Waals surface area contributed by atoms with E-state index in [1.165, 1.54) is 0 Å². The van der Waals surface area contributed by atoms with Crippen LogP contribution in [0.4, 0.5) is 0 Å². The van der Waals surface area contributed by atoms with Gasteiger partial charge in [0.05, 0.1) is 29.1 Å². The first-order valence-electron chi connectivity index (χ1n) is 14.6. The summed E-state index contributed by atoms with van der Waals surface area (Å²) in [7, 11) is 0. The van der Waals surface area contributed by atoms with Crippen LogP contribution in [-0.2, 0) is 44.3 Å². The summed E-state index contributed by atoms with van der Waals surface area (Å²) in [6, 6.07) is 5.75. The molecule has 13 heteroatoms. The number of aromatic amines is 2. The molecule has 5 rings (SSSR count). The molecule has 10 nitrogen and oxygen atoms in total. The van der Waals surface area contributed by atoms with Gasteiger partial charge in [-0.2, -0.15) is 0 Å². The van der Waals surface area contributed by atoms with Crippen molar-refractivity contribution < 1.29 is 46.8 Å². The second kappa shape index (κ2) is 16.7. The number of carbonyl (C=O) groups is 3. The van der Waals surface area contributed by atoms with Crippen molar-refractivity contribution >= 4 is 138 Å². The van der Waals surface area contributed by atoms with Gasteiger partial charge in [0, 0.05) is 74.2 Å². The molecule has 8 bridgehead atoms. The van der Waals surface area contributed by atoms with E-state index in [9.17, 15) is 29.7 Å². The molecule has 1 radical (unpaired) electrons. The van der Waals surface area contributed by atoms with Crippen molar-refractivity contribution in [2.24, 2.45) is 0 Å². The van der Waals surface area contributed by atoms with Crippen LogP contribution in [0.3, 0.4) is 0 Å². The fraction of sp³-hybridized carbons (Fsp3) is 0.324. The monoisotopic (exact) mass is 723 g/mol. The zero-order valence-electron chi connectivity index (χ0n) is 25.8. The number of hydrogen-bond acceptors (Lipinski definition) is 5. The van der Waals surface area contributed by atoms with E-state index in [2.05, 4.69) is 16.5 Å². The molecular weight excluding hydrogens is 686 g/mol. The number of fused-ring (bicyclic) bond motifs is 8. The van der Waals surface area contributed by atoms with Crippen LogP contribution in [0, 0.1) is 13.8 Å². The van der Waals surface area contributed by atoms with E-state index in [0.717, 1.165) is 44.3 Å². The van der Waals surface area contributed by atoms with E-state index >= 15 is 0 Å². The molecule has 0 spiro atoms. The third-order valence-corrected chi connectivity index (χ3v) is 8.94. The molecule has 5 N–H and O–H groups in total. The van der Waals surface area contributed by atoms with E-state index in [4.69, 9.17) is 9.97 Å². The van der Waals surface area contributed by atoms with Gasteiger partial charge in [0.1, 0.15) is 0 Å². The molecule has 2 aliphatic rings. The van der Waals surface area contributed by atoms with Gasteiger partial charge in [0.15, 0.2) is 0 Å². The van der Waals surface area contributed by atoms with Crippen LogP contribution in [0.25, 0.3) is 39.3 Å². The first-order chi connectivity index (χ1) is 20.9. The van der Waals surface area contributed by atoms with Crippen LogP contribution >= 0.6 is 0 Å². The summed E-state index contributed by atoms with van der Waals surface area (Å²) < 4.78 is 0. The van der Waals surface area contributed by atoms with Gasteiger partial charge in [-0.05, 0) is 74.1 Å². The van der Waals surface area contributed by atoms with Gasteiger partial charge >= 0.3 is 98.8 Å². The predicted octanol–water partition coefficient (Wildman–Crippen LogP) is 5.23. The summed E-state index contributed by atoms with van der Waals surface area (Å²) in [6.07, 6.45) is 2.03. The van der Waals surface area contributed by atoms with Crippen LogP contribution in [0.2, 0.25) is 0 Å². The van der Waals surface area contributed by atoms with Crippen LogP contribution < -0.4 is 0 Å². The molecule has 0 saturated carbocycles. The zero-order chi connectivity index (χ0) is 32.0. The Morgan fingerprint density at radius 2 is 1.55 bits per heavy atom. The Bertz CT molecular complexity index is 1970. The van der Waals surface area contributed by atoms with E-state index in [-0.39, 0.29) is 134 Å². The van der Waals surface area contributed by atoms with E-state index < -0.39 is 30.2 Å². The maximum absolute atomic E-state index is 12.7. The Labute approximate surface area is 348 Å². The van der Waals surface area contributed by atoms with Crippen molar-refractivity contribution in [3.05, 3.63) is 75.4 Å². The Kier molecular flexibility index (Phi) is 14.7. The molecule has 2 aliphatic heterocycles. The number of carboxylic acids is 3. The zero-order valence-corrected chi connectivity index (χ0v) is 26.7. The number of aromatic nitrogens is 4. The predicted molar refractivity (Wildman–Crippen MR) is 184 cm³/mol. The number of carboxylic acid groups (broad SMARTS) is 3. The molecule has 0 aliphatic carbocycles. The third-order valence-electron chi connectivity index (χ3n) is 8.94. The Balaban J connectivity index is 0.00000256. The molecular formula is C34H38CuKN4NaO6. The number of allylic oxidation sites excluding steroid dienone is 1. The van der Waals surface area contributed by atoms with E-state index in [1.807, 2.05) is 45.9 Å². The van der Waals surface area contributed by atoms with Crippen LogP contribution in [0.5, 0.6) is 0 Å². The first kappa shape index (κ1) is 41.3. The van der Waals surface area contributed by atoms with Crippen molar-refractivity contribution in [1.82, 2.24) is 19.9 Å². The quantitative estimate of drug-likeness (QED) is 0.197. The molecule has 3 aromatic rings. The number of aryl methyl sites for hydroxylation is 3. The summed E-state index contributed by atoms with van der Waals surface area (Å²) in [5.41, 5.74) is 9.23. The van der Waals surface area contributed by atoms with Crippen molar-refractivity contribution in [3.8, 4) is 0 Å². The molecule has 0 saturated heterocycles. The second-order valence-corrected chi connectivity index (χ2v) is 11.5. The minimum absolute atomic E-state index is 0. The summed E-state index contributed by atoms with van der Waals surface area (Å²) in [5, 5.41) is 29.9. The van der Waals surface area contributed by atoms with Gasteiger partial charge in [-0.25, -0.2) is 9.78 Å². The van der Waals surface area contributed by atoms with Crippen LogP contribution in [0.15, 0.2) is 24.8 Å². The van der Waals surface area contributed by atoms with Crippen LogP contribution in [0.1, 0.15) is 96.0 Å². The summed E-state index contributed by atoms with van der Waals surface area (Å²) in [4.78, 5) is 53.2. The van der Waals surface area contributed by atoms with Gasteiger partial charge in [0.25, 0.3) is 0 Å². The van der Waals surface area contributed by atoms with Gasteiger partial charge in [-0.15, -0.1) is 0 Å². The number of nitrogens with one attached hydrogen (secondary N) is 2. The summed E-state index contributed by atoms with van der Waals surface area (Å²) in [5.74, 6) is -4.13. The summed E-state index contributed by atoms with van der Waals surface area (Å²) in [6.45, 7) is 13.7. The number of aliphatic carboxylic acids is 3. The van der Waals surface area contributed by atoms with Crippen molar-refractivity contribution in [3.63, 3.8) is 0 Å². The van der Waals surface area contributed by atoms with Gasteiger partial charge in [0.2, 0.25) is 0 Å². The fourth-order valence-corrected chi connectivity index (χ4v) is 6.53. The number of hydrogen-bond donors (Lipinski definition) is 5. The van der Waals surface area contributed by atoms with Gasteiger partial charge in [-0.1, -0.05) is 26.5 Å². The first-order valence-corrected chi connectivity index (χ1v) is 14.6. The van der Waals surface area contributed by atoms with Crippen LogP contribution in [-0.4, -0.2) is 134 Å². The topological polar surface area (TPSA) is 169 Å². The van der Waals surface area contributed by atoms with Gasteiger partial charge in [-0.3, -0.25) is 14.6 Å². The van der Waals surface area contributed by atoms with Crippen molar-refractivity contribution in [1.29, 1.82) is 0 Å². The minimum atomic E-state index is -1.23. The standard InChI is InChI=1S/C34H36N4O6.Cu.K.Na.2H/c1-7-19-15(3)23-12-25-17(5)21(9-10-29(39)40)32(37-25)22(11-30(41)42)33-31(34(43)44)18(6)26(38-33)14-28-20(8-2)16(4)24(36-28)13-27(19)35-23;;;;;/h7,12-14,17,21,35-36H,1,8-11H2,2-6H3,(H,39,40)(H,41,42)(H,43,44);;;;;/t17-,21-;;;;;/m0...../s1. The molecule has 0 fully saturated rings. The molecule has 5 heterocycles. The SMILES string of the molecule is C=Cc1c(C)c2cc3nc(c(CC(=O)O)c4nc(cc5[nH]c(cc1[nH]2)c(C)c5CC)C(C)=C4C(=O)O)[C@@H](CCC(=O)O)[C@@H]3C.[Cu].[KH].[NaH]. The van der Waals surface area contributed by atoms with Crippen molar-refractivity contribution in [2.75, 3.05) is 0 Å². The van der Waals surface area contributed by atoms with Gasteiger partial charge < -0.3 is 25.3 Å². The molecule has 0 amide bonds. The number of rotatable bonds is 8. The normalized spacial score (nSPS) is 15.3. The number of nitrogens with zero attached hydrogens (tertiary/aromatic N) is 2. The maximum atomic E-state index is 12.7. The van der Waals surface area contributed by atoms with E-state index in [1.54, 1.807) is 13.0 Å². The summed E-state index contributed by atoms with van der Waals surface area (Å²) >= 11 is 0. The molecule has 243 valence electrons. The molecule has 0 unspecified atom stereocenters. The Morgan fingerprint density at radius 1 is 0.915 bits per heavy atom. The molecule has 0 aromatic carbocycles. The molecule has 3 aromatic heterocycles. The average Bonchev–Trinajstić information content (AvgIpc) is 3.63. The fourth-order valence-electron chi connectivity index (χ4n) is 6.53. The molecule has 2 atom stereocenters. The molecule has 47 heavy (non-hydrogen) atoms. The average molecular weight is 724 g/mol. The Hall–Kier alpha value is -1.83. The number of H-pyrrole nitrogens is 2. The third kappa shape index (κ3) is 7.99. The second-order valence-electron chi connectivity index (χ2n) is 11.5. The Morgan fingerprint density at radius 3 is 2.13 bits per heavy atom. The van der Waals surface area contributed by atoms with Crippen molar-refractivity contribution in [2.45, 2.75) is 72.1 Å².